The average molecular weight is 509 g/mol. The van der Waals surface area contributed by atoms with Gasteiger partial charge in [0.15, 0.2) is 5.69 Å². The van der Waals surface area contributed by atoms with Crippen molar-refractivity contribution in [3.63, 3.8) is 0 Å². The Labute approximate surface area is 195 Å². The average Bonchev–Trinajstić information content (AvgIpc) is 3.16. The van der Waals surface area contributed by atoms with Crippen LogP contribution in [-0.4, -0.2) is 37.0 Å². The first-order valence-corrected chi connectivity index (χ1v) is 11.7. The zero-order valence-corrected chi connectivity index (χ0v) is 19.8. The predicted molar refractivity (Wildman–Crippen MR) is 119 cm³/mol. The molecule has 1 amide bonds. The number of carbonyl (C=O) groups excluding carboxylic acids is 1. The predicted octanol–water partition coefficient (Wildman–Crippen LogP) is 5.42. The molecule has 32 heavy (non-hydrogen) atoms. The minimum absolute atomic E-state index is 0.0669. The van der Waals surface area contributed by atoms with E-state index in [1.54, 1.807) is 13.0 Å². The van der Waals surface area contributed by atoms with Crippen LogP contribution in [0.25, 0.3) is 0 Å². The number of fused-ring (bicyclic) bond motifs is 1. The number of anilines is 1. The molecular formula is C20H21Cl2F3N4O2S. The molecule has 2 heterocycles. The Kier molecular flexibility index (Phi) is 7.26. The van der Waals surface area contributed by atoms with E-state index >= 15 is 0 Å². The van der Waals surface area contributed by atoms with Gasteiger partial charge in [-0.1, -0.05) is 42.6 Å². The number of aromatic nitrogens is 2. The lowest BCUT2D eigenvalue weighted by Gasteiger charge is -2.31. The van der Waals surface area contributed by atoms with E-state index in [0.717, 1.165) is 21.5 Å². The highest BCUT2D eigenvalue weighted by atomic mass is 35.5. The summed E-state index contributed by atoms with van der Waals surface area (Å²) >= 11 is 12.2. The number of hydrogen-bond acceptors (Lipinski definition) is 4. The Bertz CT molecular complexity index is 1100. The third-order valence-electron chi connectivity index (χ3n) is 5.02. The maximum Gasteiger partial charge on any atom is 0.435 e. The van der Waals surface area contributed by atoms with E-state index in [1.807, 2.05) is 6.92 Å². The Morgan fingerprint density at radius 2 is 1.97 bits per heavy atom. The zero-order valence-electron chi connectivity index (χ0n) is 17.5. The maximum absolute atomic E-state index is 13.4. The Hall–Kier alpha value is -2.04. The number of halogens is 5. The van der Waals surface area contributed by atoms with Crippen molar-refractivity contribution in [2.45, 2.75) is 38.9 Å². The van der Waals surface area contributed by atoms with Gasteiger partial charge in [0.25, 0.3) is 5.91 Å². The molecule has 0 fully saturated rings. The molecule has 6 nitrogen and oxygen atoms in total. The molecule has 1 N–H and O–H groups in total. The van der Waals surface area contributed by atoms with E-state index in [9.17, 15) is 22.2 Å². The topological polar surface area (TPSA) is 67.2 Å². The lowest BCUT2D eigenvalue weighted by Crippen LogP contribution is -2.37. The molecular weight excluding hydrogens is 488 g/mol. The van der Waals surface area contributed by atoms with E-state index in [-0.39, 0.29) is 21.4 Å². The molecule has 12 heteroatoms. The van der Waals surface area contributed by atoms with Gasteiger partial charge in [-0.2, -0.15) is 18.3 Å². The van der Waals surface area contributed by atoms with Gasteiger partial charge in [0.2, 0.25) is 0 Å². The minimum atomic E-state index is -4.68. The van der Waals surface area contributed by atoms with Crippen molar-refractivity contribution in [2.24, 2.45) is 0 Å². The first-order valence-electron chi connectivity index (χ1n) is 9.71. The summed E-state index contributed by atoms with van der Waals surface area (Å²) in [6.45, 7) is 3.51. The molecule has 0 spiro atoms. The van der Waals surface area contributed by atoms with Gasteiger partial charge < -0.3 is 5.32 Å². The van der Waals surface area contributed by atoms with Crippen LogP contribution in [0.1, 0.15) is 44.0 Å². The van der Waals surface area contributed by atoms with Crippen molar-refractivity contribution >= 4 is 45.9 Å². The van der Waals surface area contributed by atoms with Crippen LogP contribution < -0.4 is 5.32 Å². The van der Waals surface area contributed by atoms with Crippen molar-refractivity contribution in [1.29, 1.82) is 0 Å². The molecule has 1 aliphatic heterocycles. The molecule has 0 bridgehead atoms. The molecule has 2 unspecified atom stereocenters. The monoisotopic (exact) mass is 508 g/mol. The second-order valence-corrected chi connectivity index (χ2v) is 9.69. The molecule has 174 valence electrons. The maximum atomic E-state index is 13.4. The second kappa shape index (κ2) is 9.44. The number of nitrogens with one attached hydrogen (secondary N) is 1. The van der Waals surface area contributed by atoms with Crippen molar-refractivity contribution in [2.75, 3.05) is 18.1 Å². The summed E-state index contributed by atoms with van der Waals surface area (Å²) in [6.07, 6.45) is -3.21. The third-order valence-corrected chi connectivity index (χ3v) is 7.17. The number of hydrogen-bond donors (Lipinski definition) is 1. The number of nitrogens with zero attached hydrogens (tertiary/aromatic N) is 3. The summed E-state index contributed by atoms with van der Waals surface area (Å²) in [4.78, 5) is 13.4. The number of alkyl halides is 3. The molecule has 1 aromatic heterocycles. The normalized spacial score (nSPS) is 17.1. The van der Waals surface area contributed by atoms with Gasteiger partial charge in [0, 0.05) is 24.6 Å². The standard InChI is InChI=1S/C20H21Cl2F3N4O2S/c1-4-5-8-32(31)28(3)19(30)17-11(2)26-16-10-15(20(23,24)25)27-29(16)18(17)12-6-7-13(21)14(22)9-12/h6-7,9-10,18,26H,4-5,8H2,1-3H3. The van der Waals surface area contributed by atoms with Crippen molar-refractivity contribution < 1.29 is 22.2 Å². The van der Waals surface area contributed by atoms with E-state index in [2.05, 4.69) is 10.4 Å². The highest BCUT2D eigenvalue weighted by Crippen LogP contribution is 2.41. The van der Waals surface area contributed by atoms with Gasteiger partial charge >= 0.3 is 6.18 Å². The lowest BCUT2D eigenvalue weighted by atomic mass is 9.95. The van der Waals surface area contributed by atoms with E-state index in [0.29, 0.717) is 23.4 Å². The van der Waals surface area contributed by atoms with Gasteiger partial charge in [0.05, 0.1) is 15.6 Å². The molecule has 0 radical (unpaired) electrons. The molecule has 1 aromatic carbocycles. The number of benzene rings is 1. The quantitative estimate of drug-likeness (QED) is 0.565. The van der Waals surface area contributed by atoms with Gasteiger partial charge in [-0.3, -0.25) is 9.10 Å². The molecule has 2 aromatic rings. The number of amides is 1. The van der Waals surface area contributed by atoms with Crippen LogP contribution in [0, 0.1) is 0 Å². The number of unbranched alkanes of at least 4 members (excludes halogenated alkanes) is 1. The number of rotatable bonds is 6. The number of carbonyl (C=O) groups is 1. The highest BCUT2D eigenvalue weighted by Gasteiger charge is 2.40. The van der Waals surface area contributed by atoms with Crippen molar-refractivity contribution in [3.8, 4) is 0 Å². The van der Waals surface area contributed by atoms with Gasteiger partial charge in [-0.05, 0) is 31.0 Å². The van der Waals surface area contributed by atoms with Crippen molar-refractivity contribution in [3.05, 3.63) is 56.8 Å². The van der Waals surface area contributed by atoms with Crippen LogP contribution in [0.4, 0.5) is 19.0 Å². The van der Waals surface area contributed by atoms with E-state index in [1.165, 1.54) is 19.2 Å². The smallest absolute Gasteiger partial charge is 0.344 e. The largest absolute Gasteiger partial charge is 0.435 e. The minimum Gasteiger partial charge on any atom is -0.344 e. The van der Waals surface area contributed by atoms with Gasteiger partial charge in [-0.15, -0.1) is 0 Å². The van der Waals surface area contributed by atoms with E-state index in [4.69, 9.17) is 23.2 Å². The number of likely N-dealkylation sites (N-methyl/N-ethyl adjacent to an activating group) is 1. The first-order chi connectivity index (χ1) is 15.0. The molecule has 0 saturated carbocycles. The third kappa shape index (κ3) is 4.82. The molecule has 0 saturated heterocycles. The first kappa shape index (κ1) is 24.6. The van der Waals surface area contributed by atoms with Gasteiger partial charge in [0.1, 0.15) is 22.8 Å². The van der Waals surface area contributed by atoms with E-state index < -0.39 is 34.8 Å². The Morgan fingerprint density at radius 1 is 1.28 bits per heavy atom. The lowest BCUT2D eigenvalue weighted by molar-refractivity contribution is -0.141. The van der Waals surface area contributed by atoms with Crippen LogP contribution >= 0.6 is 23.2 Å². The second-order valence-electron chi connectivity index (χ2n) is 7.28. The summed E-state index contributed by atoms with van der Waals surface area (Å²) in [5.74, 6) is -0.228. The summed E-state index contributed by atoms with van der Waals surface area (Å²) in [6, 6.07) is 4.38. The molecule has 1 aliphatic rings. The summed E-state index contributed by atoms with van der Waals surface area (Å²) < 4.78 is 54.8. The fourth-order valence-corrected chi connectivity index (χ4v) is 4.74. The summed E-state index contributed by atoms with van der Waals surface area (Å²) in [7, 11) is -0.190. The highest BCUT2D eigenvalue weighted by molar-refractivity contribution is 7.83. The summed E-state index contributed by atoms with van der Waals surface area (Å²) in [5.41, 5.74) is -0.257. The molecule has 3 rings (SSSR count). The van der Waals surface area contributed by atoms with Crippen LogP contribution in [0.3, 0.4) is 0 Å². The van der Waals surface area contributed by atoms with Crippen LogP contribution in [0.15, 0.2) is 35.5 Å². The fraction of sp³-hybridized carbons (Fsp3) is 0.400. The molecule has 0 aliphatic carbocycles. The summed E-state index contributed by atoms with van der Waals surface area (Å²) in [5, 5.41) is 6.98. The molecule has 2 atom stereocenters. The Balaban J connectivity index is 2.13. The zero-order chi connectivity index (χ0) is 23.8. The van der Waals surface area contributed by atoms with Crippen LogP contribution in [0.2, 0.25) is 10.0 Å². The SMILES string of the molecule is CCCCS(=O)N(C)C(=O)C1=C(C)Nc2cc(C(F)(F)F)nn2C1c1ccc(Cl)c(Cl)c1. The van der Waals surface area contributed by atoms with Gasteiger partial charge in [-0.25, -0.2) is 8.89 Å². The van der Waals surface area contributed by atoms with Crippen LogP contribution in [-0.2, 0) is 22.0 Å². The van der Waals surface area contributed by atoms with Crippen molar-refractivity contribution in [1.82, 2.24) is 14.1 Å². The van der Waals surface area contributed by atoms with Crippen LogP contribution in [0.5, 0.6) is 0 Å². The Morgan fingerprint density at radius 3 is 2.56 bits per heavy atom. The fourth-order valence-electron chi connectivity index (χ4n) is 3.34. The number of allylic oxidation sites excluding steroid dienone is 1.